The summed E-state index contributed by atoms with van der Waals surface area (Å²) < 4.78 is 0. The highest BCUT2D eigenvalue weighted by molar-refractivity contribution is 5.38. The first-order valence-electron chi connectivity index (χ1n) is 5.22. The Bertz CT molecular complexity index is 316. The monoisotopic (exact) mass is 191 g/mol. The number of nitrogens with one attached hydrogen (secondary N) is 1. The fourth-order valence-electron chi connectivity index (χ4n) is 2.27. The Balaban J connectivity index is 2.32. The lowest BCUT2D eigenvalue weighted by molar-refractivity contribution is 0.326. The van der Waals surface area contributed by atoms with Gasteiger partial charge in [0.05, 0.1) is 0 Å². The third-order valence-corrected chi connectivity index (χ3v) is 3.15. The molecule has 1 atom stereocenters. The predicted molar refractivity (Wildman–Crippen MR) is 57.6 cm³/mol. The van der Waals surface area contributed by atoms with Gasteiger partial charge in [0.25, 0.3) is 0 Å². The smallest absolute Gasteiger partial charge is 0.119 e. The van der Waals surface area contributed by atoms with Gasteiger partial charge in [0.15, 0.2) is 0 Å². The van der Waals surface area contributed by atoms with Crippen molar-refractivity contribution < 1.29 is 5.11 Å². The number of phenols is 1. The maximum absolute atomic E-state index is 9.80. The summed E-state index contributed by atoms with van der Waals surface area (Å²) in [5, 5.41) is 13.2. The molecule has 1 aliphatic heterocycles. The molecule has 0 saturated carbocycles. The van der Waals surface area contributed by atoms with Gasteiger partial charge in [-0.25, -0.2) is 0 Å². The van der Waals surface area contributed by atoms with Gasteiger partial charge < -0.3 is 10.4 Å². The third-order valence-electron chi connectivity index (χ3n) is 3.15. The van der Waals surface area contributed by atoms with Crippen LogP contribution in [0, 0.1) is 0 Å². The summed E-state index contributed by atoms with van der Waals surface area (Å²) in [5.41, 5.74) is 1.18. The zero-order valence-electron chi connectivity index (χ0n) is 8.59. The van der Waals surface area contributed by atoms with Crippen LogP contribution in [0.3, 0.4) is 0 Å². The Morgan fingerprint density at radius 3 is 2.79 bits per heavy atom. The zero-order chi connectivity index (χ0) is 10.0. The normalized spacial score (nSPS) is 27.5. The maximum Gasteiger partial charge on any atom is 0.119 e. The number of aromatic hydroxyl groups is 1. The number of benzene rings is 1. The summed E-state index contributed by atoms with van der Waals surface area (Å²) in [6.07, 6.45) is 2.34. The van der Waals surface area contributed by atoms with Crippen LogP contribution in [-0.4, -0.2) is 18.2 Å². The highest BCUT2D eigenvalue weighted by atomic mass is 16.3. The second-order valence-electron chi connectivity index (χ2n) is 4.36. The molecule has 1 aromatic carbocycles. The van der Waals surface area contributed by atoms with E-state index in [-0.39, 0.29) is 5.41 Å². The average Bonchev–Trinajstić information content (AvgIpc) is 2.19. The Labute approximate surface area is 85.0 Å². The van der Waals surface area contributed by atoms with Gasteiger partial charge in [-0.2, -0.15) is 0 Å². The first-order chi connectivity index (χ1) is 6.72. The molecule has 1 saturated heterocycles. The molecule has 1 fully saturated rings. The van der Waals surface area contributed by atoms with Crippen LogP contribution in [-0.2, 0) is 5.41 Å². The molecule has 0 bridgehead atoms. The number of phenolic OH excluding ortho intramolecular Hbond substituents is 1. The largest absolute Gasteiger partial charge is 0.508 e. The lowest BCUT2D eigenvalue weighted by atomic mass is 9.76. The average molecular weight is 191 g/mol. The van der Waals surface area contributed by atoms with E-state index in [1.165, 1.54) is 6.42 Å². The lowest BCUT2D eigenvalue weighted by Crippen LogP contribution is -2.41. The van der Waals surface area contributed by atoms with Crippen molar-refractivity contribution in [2.24, 2.45) is 0 Å². The van der Waals surface area contributed by atoms with Crippen LogP contribution in [0.25, 0.3) is 0 Å². The summed E-state index contributed by atoms with van der Waals surface area (Å²) in [6, 6.07) is 7.67. The molecule has 2 N–H and O–H groups in total. The van der Waals surface area contributed by atoms with Gasteiger partial charge in [0, 0.05) is 17.5 Å². The Morgan fingerprint density at radius 1 is 1.36 bits per heavy atom. The van der Waals surface area contributed by atoms with Crippen molar-refractivity contribution in [3.63, 3.8) is 0 Å². The van der Waals surface area contributed by atoms with Crippen LogP contribution >= 0.6 is 0 Å². The molecular weight excluding hydrogens is 174 g/mol. The third kappa shape index (κ3) is 1.62. The van der Waals surface area contributed by atoms with E-state index in [0.29, 0.717) is 5.75 Å². The van der Waals surface area contributed by atoms with Crippen LogP contribution in [0.1, 0.15) is 25.3 Å². The van der Waals surface area contributed by atoms with E-state index < -0.39 is 0 Å². The van der Waals surface area contributed by atoms with Crippen molar-refractivity contribution in [3.8, 4) is 5.75 Å². The van der Waals surface area contributed by atoms with E-state index >= 15 is 0 Å². The van der Waals surface area contributed by atoms with Gasteiger partial charge in [-0.15, -0.1) is 0 Å². The van der Waals surface area contributed by atoms with Crippen molar-refractivity contribution in [1.29, 1.82) is 0 Å². The highest BCUT2D eigenvalue weighted by Crippen LogP contribution is 2.35. The molecule has 0 aromatic heterocycles. The molecule has 0 radical (unpaired) electrons. The molecule has 1 unspecified atom stereocenters. The van der Waals surface area contributed by atoms with Crippen LogP contribution < -0.4 is 5.32 Å². The summed E-state index contributed by atoms with van der Waals surface area (Å²) in [5.74, 6) is 0.429. The van der Waals surface area contributed by atoms with E-state index in [0.717, 1.165) is 25.1 Å². The molecule has 2 rings (SSSR count). The van der Waals surface area contributed by atoms with Crippen molar-refractivity contribution >= 4 is 0 Å². The minimum atomic E-state index is 0.101. The number of piperidine rings is 1. The van der Waals surface area contributed by atoms with Gasteiger partial charge in [-0.3, -0.25) is 0 Å². The molecule has 1 aliphatic rings. The molecular formula is C12H17NO. The Morgan fingerprint density at radius 2 is 2.14 bits per heavy atom. The zero-order valence-corrected chi connectivity index (χ0v) is 8.59. The van der Waals surface area contributed by atoms with Crippen LogP contribution in [0.5, 0.6) is 5.75 Å². The summed E-state index contributed by atoms with van der Waals surface area (Å²) in [4.78, 5) is 0. The van der Waals surface area contributed by atoms with E-state index in [1.54, 1.807) is 6.07 Å². The molecule has 76 valence electrons. The number of hydrogen-bond donors (Lipinski definition) is 2. The number of hydrogen-bond acceptors (Lipinski definition) is 2. The van der Waals surface area contributed by atoms with Gasteiger partial charge in [0.1, 0.15) is 5.75 Å². The van der Waals surface area contributed by atoms with E-state index in [4.69, 9.17) is 0 Å². The van der Waals surface area contributed by atoms with Gasteiger partial charge in [0.2, 0.25) is 0 Å². The van der Waals surface area contributed by atoms with Gasteiger partial charge in [-0.1, -0.05) is 25.1 Å². The van der Waals surface area contributed by atoms with E-state index in [9.17, 15) is 5.11 Å². The van der Waals surface area contributed by atoms with Crippen LogP contribution in [0.2, 0.25) is 0 Å². The molecule has 0 aliphatic carbocycles. The van der Waals surface area contributed by atoms with Crippen LogP contribution in [0.15, 0.2) is 24.3 Å². The minimum Gasteiger partial charge on any atom is -0.508 e. The van der Waals surface area contributed by atoms with E-state index in [2.05, 4.69) is 12.2 Å². The van der Waals surface area contributed by atoms with Gasteiger partial charge >= 0.3 is 0 Å². The summed E-state index contributed by atoms with van der Waals surface area (Å²) in [7, 11) is 0. The molecule has 0 amide bonds. The second-order valence-corrected chi connectivity index (χ2v) is 4.36. The quantitative estimate of drug-likeness (QED) is 0.712. The van der Waals surface area contributed by atoms with Gasteiger partial charge in [-0.05, 0) is 25.5 Å². The molecule has 2 heteroatoms. The number of para-hydroxylation sites is 1. The highest BCUT2D eigenvalue weighted by Gasteiger charge is 2.30. The molecule has 1 heterocycles. The first-order valence-corrected chi connectivity index (χ1v) is 5.22. The summed E-state index contributed by atoms with van der Waals surface area (Å²) in [6.45, 7) is 4.28. The predicted octanol–water partition coefficient (Wildman–Crippen LogP) is 2.03. The summed E-state index contributed by atoms with van der Waals surface area (Å²) >= 11 is 0. The Hall–Kier alpha value is -1.02. The van der Waals surface area contributed by atoms with E-state index in [1.807, 2.05) is 18.2 Å². The van der Waals surface area contributed by atoms with Crippen LogP contribution in [0.4, 0.5) is 0 Å². The lowest BCUT2D eigenvalue weighted by Gasteiger charge is -2.35. The maximum atomic E-state index is 9.80. The van der Waals surface area contributed by atoms with Crippen molar-refractivity contribution in [1.82, 2.24) is 5.32 Å². The first kappa shape index (κ1) is 9.53. The van der Waals surface area contributed by atoms with Crippen molar-refractivity contribution in [3.05, 3.63) is 29.8 Å². The fraction of sp³-hybridized carbons (Fsp3) is 0.500. The molecule has 2 nitrogen and oxygen atoms in total. The topological polar surface area (TPSA) is 32.3 Å². The van der Waals surface area contributed by atoms with Crippen molar-refractivity contribution in [2.45, 2.75) is 25.2 Å². The SMILES string of the molecule is CC1(c2ccccc2O)CCCNC1. The molecule has 0 spiro atoms. The molecule has 1 aromatic rings. The standard InChI is InChI=1S/C12H17NO/c1-12(7-4-8-13-9-12)10-5-2-3-6-11(10)14/h2-3,5-6,13-14H,4,7-9H2,1H3. The second kappa shape index (κ2) is 3.62. The van der Waals surface area contributed by atoms with Crippen molar-refractivity contribution in [2.75, 3.05) is 13.1 Å². The number of rotatable bonds is 1. The Kier molecular flexibility index (Phi) is 2.46. The minimum absolute atomic E-state index is 0.101. The molecule has 14 heavy (non-hydrogen) atoms. The fourth-order valence-corrected chi connectivity index (χ4v) is 2.27.